The molecule has 2 aromatic rings. The quantitative estimate of drug-likeness (QED) is 0.755. The summed E-state index contributed by atoms with van der Waals surface area (Å²) >= 11 is 0. The number of rotatable bonds is 7. The van der Waals surface area contributed by atoms with Crippen LogP contribution in [0.25, 0.3) is 0 Å². The van der Waals surface area contributed by atoms with Gasteiger partial charge in [-0.05, 0) is 24.1 Å². The summed E-state index contributed by atoms with van der Waals surface area (Å²) in [4.78, 5) is 13.9. The van der Waals surface area contributed by atoms with Crippen LogP contribution in [0.2, 0.25) is 0 Å². The molecule has 0 saturated heterocycles. The van der Waals surface area contributed by atoms with E-state index in [4.69, 9.17) is 19.4 Å². The lowest BCUT2D eigenvalue weighted by Gasteiger charge is -2.21. The van der Waals surface area contributed by atoms with Gasteiger partial charge < -0.3 is 24.3 Å². The zero-order valence-corrected chi connectivity index (χ0v) is 13.7. The molecule has 1 amide bonds. The van der Waals surface area contributed by atoms with Crippen LogP contribution in [0, 0.1) is 0 Å². The highest BCUT2D eigenvalue weighted by atomic mass is 16.6. The van der Waals surface area contributed by atoms with Crippen molar-refractivity contribution in [3.8, 4) is 11.5 Å². The molecule has 7 heteroatoms. The van der Waals surface area contributed by atoms with Gasteiger partial charge in [0.05, 0.1) is 12.8 Å². The normalized spacial score (nSPS) is 10.2. The molecule has 0 fully saturated rings. The molecule has 0 atom stereocenters. The molecule has 0 aliphatic carbocycles. The van der Waals surface area contributed by atoms with E-state index in [-0.39, 0.29) is 11.7 Å². The fourth-order valence-corrected chi connectivity index (χ4v) is 2.33. The third-order valence-corrected chi connectivity index (χ3v) is 3.60. The second kappa shape index (κ2) is 8.38. The van der Waals surface area contributed by atoms with Gasteiger partial charge in [0.2, 0.25) is 5.91 Å². The van der Waals surface area contributed by atoms with Crippen LogP contribution in [0.1, 0.15) is 12.0 Å². The molecule has 0 radical (unpaired) electrons. The number of carbonyl (C=O) groups is 1. The number of methoxy groups -OCH3 is 1. The van der Waals surface area contributed by atoms with Gasteiger partial charge >= 0.3 is 7.32 Å². The first-order valence-electron chi connectivity index (χ1n) is 7.52. The van der Waals surface area contributed by atoms with Crippen LogP contribution >= 0.6 is 0 Å². The van der Waals surface area contributed by atoms with Crippen molar-refractivity contribution in [3.05, 3.63) is 54.1 Å². The van der Waals surface area contributed by atoms with E-state index in [1.54, 1.807) is 13.1 Å². The summed E-state index contributed by atoms with van der Waals surface area (Å²) < 4.78 is 10.0. The number of nitrogens with zero attached hydrogens (tertiary/aromatic N) is 1. The fourth-order valence-electron chi connectivity index (χ4n) is 2.33. The molecule has 0 heterocycles. The summed E-state index contributed by atoms with van der Waals surface area (Å²) in [5.74, 6) is 0.590. The second-order valence-electron chi connectivity index (χ2n) is 5.22. The first-order chi connectivity index (χ1) is 11.5. The van der Waals surface area contributed by atoms with Crippen molar-refractivity contribution in [1.29, 1.82) is 0 Å². The van der Waals surface area contributed by atoms with E-state index in [0.717, 1.165) is 5.56 Å². The van der Waals surface area contributed by atoms with Crippen molar-refractivity contribution in [2.75, 3.05) is 19.1 Å². The first kappa shape index (κ1) is 17.8. The van der Waals surface area contributed by atoms with Gasteiger partial charge in [-0.1, -0.05) is 30.3 Å². The van der Waals surface area contributed by atoms with Crippen molar-refractivity contribution >= 4 is 18.9 Å². The zero-order chi connectivity index (χ0) is 17.5. The summed E-state index contributed by atoms with van der Waals surface area (Å²) in [5.41, 5.74) is 1.68. The molecule has 126 valence electrons. The SMILES string of the molecule is COc1cc(OB(O)O)ccc1N(C)C(=O)CCc1ccccc1. The standard InChI is InChI=1S/C17H20BNO5/c1-19(17(20)11-8-13-6-4-3-5-7-13)15-10-9-14(24-18(21)22)12-16(15)23-2/h3-7,9-10,12,21-22H,8,11H2,1-2H3. The van der Waals surface area contributed by atoms with Crippen molar-refractivity contribution < 1.29 is 24.2 Å². The van der Waals surface area contributed by atoms with Gasteiger partial charge in [-0.3, -0.25) is 4.79 Å². The molecule has 0 aliphatic heterocycles. The number of hydrogen-bond donors (Lipinski definition) is 2. The molecular weight excluding hydrogens is 309 g/mol. The van der Waals surface area contributed by atoms with Gasteiger partial charge in [-0.2, -0.15) is 0 Å². The fraction of sp³-hybridized carbons (Fsp3) is 0.235. The van der Waals surface area contributed by atoms with Gasteiger partial charge in [-0.15, -0.1) is 0 Å². The lowest BCUT2D eigenvalue weighted by atomic mass is 10.1. The number of anilines is 1. The molecule has 6 nitrogen and oxygen atoms in total. The average molecular weight is 329 g/mol. The number of ether oxygens (including phenoxy) is 1. The van der Waals surface area contributed by atoms with E-state index < -0.39 is 7.32 Å². The Bertz CT molecular complexity index is 678. The topological polar surface area (TPSA) is 79.2 Å². The maximum atomic E-state index is 12.4. The Balaban J connectivity index is 2.07. The molecular formula is C17H20BNO5. The Labute approximate surface area is 141 Å². The molecule has 2 N–H and O–H groups in total. The summed E-state index contributed by atoms with van der Waals surface area (Å²) in [6.45, 7) is 0. The Hall–Kier alpha value is -2.51. The monoisotopic (exact) mass is 329 g/mol. The van der Waals surface area contributed by atoms with E-state index in [2.05, 4.69) is 0 Å². The zero-order valence-electron chi connectivity index (χ0n) is 13.7. The smallest absolute Gasteiger partial charge is 0.512 e. The van der Waals surface area contributed by atoms with Gasteiger partial charge in [0.1, 0.15) is 11.5 Å². The molecule has 2 rings (SSSR count). The highest BCUT2D eigenvalue weighted by Gasteiger charge is 2.18. The predicted octanol–water partition coefficient (Wildman–Crippen LogP) is 1.64. The van der Waals surface area contributed by atoms with E-state index in [9.17, 15) is 4.79 Å². The van der Waals surface area contributed by atoms with Crippen LogP contribution in [0.3, 0.4) is 0 Å². The number of aryl methyl sites for hydroxylation is 1. The van der Waals surface area contributed by atoms with Gasteiger partial charge in [0.25, 0.3) is 0 Å². The van der Waals surface area contributed by atoms with E-state index in [1.807, 2.05) is 30.3 Å². The second-order valence-corrected chi connectivity index (χ2v) is 5.22. The molecule has 2 aromatic carbocycles. The summed E-state index contributed by atoms with van der Waals surface area (Å²) in [5, 5.41) is 17.7. The largest absolute Gasteiger partial charge is 0.707 e. The minimum Gasteiger partial charge on any atom is -0.512 e. The minimum atomic E-state index is -1.91. The Morgan fingerprint density at radius 2 is 1.88 bits per heavy atom. The lowest BCUT2D eigenvalue weighted by Crippen LogP contribution is -2.27. The Kier molecular flexibility index (Phi) is 6.23. The van der Waals surface area contributed by atoms with Gasteiger partial charge in [0.15, 0.2) is 0 Å². The van der Waals surface area contributed by atoms with Crippen LogP contribution in [0.15, 0.2) is 48.5 Å². The van der Waals surface area contributed by atoms with Crippen LogP contribution in [0.4, 0.5) is 5.69 Å². The third kappa shape index (κ3) is 4.74. The van der Waals surface area contributed by atoms with Crippen molar-refractivity contribution in [3.63, 3.8) is 0 Å². The predicted molar refractivity (Wildman–Crippen MR) is 92.0 cm³/mol. The Morgan fingerprint density at radius 3 is 2.50 bits per heavy atom. The molecule has 0 aliphatic rings. The van der Waals surface area contributed by atoms with Crippen LogP contribution in [-0.2, 0) is 11.2 Å². The summed E-state index contributed by atoms with van der Waals surface area (Å²) in [6, 6.07) is 14.5. The van der Waals surface area contributed by atoms with E-state index in [1.165, 1.54) is 24.1 Å². The van der Waals surface area contributed by atoms with Crippen LogP contribution in [0.5, 0.6) is 11.5 Å². The maximum Gasteiger partial charge on any atom is 0.707 e. The first-order valence-corrected chi connectivity index (χ1v) is 7.52. The van der Waals surface area contributed by atoms with Crippen LogP contribution < -0.4 is 14.3 Å². The van der Waals surface area contributed by atoms with Crippen molar-refractivity contribution in [2.45, 2.75) is 12.8 Å². The molecule has 24 heavy (non-hydrogen) atoms. The van der Waals surface area contributed by atoms with E-state index >= 15 is 0 Å². The molecule has 0 spiro atoms. The minimum absolute atomic E-state index is 0.0481. The summed E-state index contributed by atoms with van der Waals surface area (Å²) in [7, 11) is 1.23. The number of hydrogen-bond acceptors (Lipinski definition) is 5. The lowest BCUT2D eigenvalue weighted by molar-refractivity contribution is -0.118. The molecule has 0 unspecified atom stereocenters. The van der Waals surface area contributed by atoms with Gasteiger partial charge in [-0.25, -0.2) is 0 Å². The highest BCUT2D eigenvalue weighted by Crippen LogP contribution is 2.32. The molecule has 0 saturated carbocycles. The average Bonchev–Trinajstić information content (AvgIpc) is 2.59. The van der Waals surface area contributed by atoms with Crippen molar-refractivity contribution in [2.24, 2.45) is 0 Å². The summed E-state index contributed by atoms with van der Waals surface area (Å²) in [6.07, 6.45) is 1.03. The number of amides is 1. The maximum absolute atomic E-state index is 12.4. The van der Waals surface area contributed by atoms with Crippen molar-refractivity contribution in [1.82, 2.24) is 0 Å². The Morgan fingerprint density at radius 1 is 1.17 bits per heavy atom. The van der Waals surface area contributed by atoms with Crippen LogP contribution in [-0.4, -0.2) is 37.4 Å². The number of benzene rings is 2. The molecule has 0 aromatic heterocycles. The van der Waals surface area contributed by atoms with Gasteiger partial charge in [0, 0.05) is 19.5 Å². The third-order valence-electron chi connectivity index (χ3n) is 3.60. The highest BCUT2D eigenvalue weighted by molar-refractivity contribution is 6.33. The van der Waals surface area contributed by atoms with E-state index in [0.29, 0.717) is 24.3 Å². The number of carbonyl (C=O) groups excluding carboxylic acids is 1. The molecule has 0 bridgehead atoms.